The Balaban J connectivity index is 1.11. The molecule has 0 atom stereocenters. The average Bonchev–Trinajstić information content (AvgIpc) is 3.76. The summed E-state index contributed by atoms with van der Waals surface area (Å²) >= 11 is 1.84. The summed E-state index contributed by atoms with van der Waals surface area (Å²) in [6, 6.07) is 56.8. The van der Waals surface area contributed by atoms with Gasteiger partial charge >= 0.3 is 0 Å². The van der Waals surface area contributed by atoms with Crippen LogP contribution in [0.4, 0.5) is 0 Å². The zero-order valence-electron chi connectivity index (χ0n) is 26.7. The molecule has 10 aromatic rings. The van der Waals surface area contributed by atoms with E-state index >= 15 is 0 Å². The van der Waals surface area contributed by atoms with Gasteiger partial charge in [-0.1, -0.05) is 121 Å². The van der Waals surface area contributed by atoms with Crippen molar-refractivity contribution < 1.29 is 4.42 Å². The van der Waals surface area contributed by atoms with Crippen LogP contribution in [-0.4, -0.2) is 15.0 Å². The minimum absolute atomic E-state index is 0.614. The molecule has 3 aromatic heterocycles. The largest absolute Gasteiger partial charge is 0.456 e. The van der Waals surface area contributed by atoms with E-state index in [4.69, 9.17) is 19.4 Å². The molecule has 0 radical (unpaired) electrons. The lowest BCUT2D eigenvalue weighted by Crippen LogP contribution is -2.00. The van der Waals surface area contributed by atoms with Gasteiger partial charge in [-0.25, -0.2) is 15.0 Å². The SMILES string of the molecule is c1ccc(-c2ccc3c(c2)oc2ccc(-c4nc(-c5ccccc5)nc(-c5cccc(-c6cccc7c6sc6ccccc67)c5)n4)cc23)cc1. The standard InChI is InChI=1S/C45H27N3OS/c1-3-11-28(12-4-1)30-21-23-35-38-26-33(22-24-39(38)49-40(35)27-30)45-47-43(29-13-5-2-6-14-29)46-44(48-45)32-16-9-15-31(25-32)34-18-10-19-37-36-17-7-8-20-41(36)50-42(34)37/h1-27H. The molecule has 0 bridgehead atoms. The van der Waals surface area contributed by atoms with E-state index < -0.39 is 0 Å². The molecule has 50 heavy (non-hydrogen) atoms. The molecule has 0 aliphatic carbocycles. The second-order valence-corrected chi connectivity index (χ2v) is 13.5. The van der Waals surface area contributed by atoms with Crippen molar-refractivity contribution in [3.05, 3.63) is 164 Å². The maximum Gasteiger partial charge on any atom is 0.164 e. The molecule has 7 aromatic carbocycles. The van der Waals surface area contributed by atoms with E-state index in [0.717, 1.165) is 55.3 Å². The van der Waals surface area contributed by atoms with Gasteiger partial charge in [0.1, 0.15) is 11.2 Å². The molecule has 0 fully saturated rings. The number of fused-ring (bicyclic) bond motifs is 6. The van der Waals surface area contributed by atoms with Crippen molar-refractivity contribution in [3.8, 4) is 56.4 Å². The Morgan fingerprint density at radius 2 is 0.980 bits per heavy atom. The van der Waals surface area contributed by atoms with Gasteiger partial charge in [-0.05, 0) is 64.7 Å². The third-order valence-electron chi connectivity index (χ3n) is 9.34. The van der Waals surface area contributed by atoms with E-state index in [1.807, 2.05) is 59.9 Å². The van der Waals surface area contributed by atoms with Gasteiger partial charge in [0.2, 0.25) is 0 Å². The van der Waals surface area contributed by atoms with Gasteiger partial charge in [0, 0.05) is 47.6 Å². The highest BCUT2D eigenvalue weighted by molar-refractivity contribution is 7.26. The van der Waals surface area contributed by atoms with E-state index in [1.54, 1.807) is 0 Å². The first-order valence-electron chi connectivity index (χ1n) is 16.6. The highest BCUT2D eigenvalue weighted by atomic mass is 32.1. The molecule has 0 aliphatic rings. The maximum absolute atomic E-state index is 6.34. The summed E-state index contributed by atoms with van der Waals surface area (Å²) in [4.78, 5) is 15.2. The number of benzene rings is 7. The zero-order valence-corrected chi connectivity index (χ0v) is 27.6. The summed E-state index contributed by atoms with van der Waals surface area (Å²) in [5.41, 5.74) is 9.07. The first-order chi connectivity index (χ1) is 24.7. The summed E-state index contributed by atoms with van der Waals surface area (Å²) in [5.74, 6) is 1.87. The van der Waals surface area contributed by atoms with Gasteiger partial charge in [0.25, 0.3) is 0 Å². The van der Waals surface area contributed by atoms with Crippen LogP contribution in [0.3, 0.4) is 0 Å². The number of hydrogen-bond donors (Lipinski definition) is 0. The van der Waals surface area contributed by atoms with Crippen LogP contribution >= 0.6 is 11.3 Å². The summed E-state index contributed by atoms with van der Waals surface area (Å²) in [6.45, 7) is 0. The van der Waals surface area contributed by atoms with E-state index in [0.29, 0.717) is 17.5 Å². The van der Waals surface area contributed by atoms with Crippen LogP contribution in [0, 0.1) is 0 Å². The minimum Gasteiger partial charge on any atom is -0.456 e. The molecular weight excluding hydrogens is 631 g/mol. The Kier molecular flexibility index (Phi) is 6.64. The number of furan rings is 1. The van der Waals surface area contributed by atoms with Crippen LogP contribution in [0.2, 0.25) is 0 Å². The third-order valence-corrected chi connectivity index (χ3v) is 10.6. The number of thiophene rings is 1. The molecule has 4 nitrogen and oxygen atoms in total. The van der Waals surface area contributed by atoms with Gasteiger partial charge < -0.3 is 4.42 Å². The Morgan fingerprint density at radius 1 is 0.360 bits per heavy atom. The second kappa shape index (κ2) is 11.6. The van der Waals surface area contributed by atoms with Crippen molar-refractivity contribution in [2.75, 3.05) is 0 Å². The van der Waals surface area contributed by atoms with Crippen LogP contribution in [0.1, 0.15) is 0 Å². The molecule has 0 N–H and O–H groups in total. The van der Waals surface area contributed by atoms with Crippen molar-refractivity contribution >= 4 is 53.4 Å². The highest BCUT2D eigenvalue weighted by Crippen LogP contribution is 2.41. The molecule has 3 heterocycles. The first kappa shape index (κ1) is 28.6. The van der Waals surface area contributed by atoms with Crippen LogP contribution in [0.25, 0.3) is 98.5 Å². The van der Waals surface area contributed by atoms with Crippen molar-refractivity contribution in [1.82, 2.24) is 15.0 Å². The molecular formula is C45H27N3OS. The van der Waals surface area contributed by atoms with Crippen LogP contribution < -0.4 is 0 Å². The van der Waals surface area contributed by atoms with Crippen LogP contribution in [-0.2, 0) is 0 Å². The summed E-state index contributed by atoms with van der Waals surface area (Å²) in [7, 11) is 0. The molecule has 5 heteroatoms. The van der Waals surface area contributed by atoms with Gasteiger partial charge in [-0.15, -0.1) is 11.3 Å². The number of aromatic nitrogens is 3. The minimum atomic E-state index is 0.614. The summed E-state index contributed by atoms with van der Waals surface area (Å²) < 4.78 is 8.92. The van der Waals surface area contributed by atoms with E-state index in [1.165, 1.54) is 25.7 Å². The summed E-state index contributed by atoms with van der Waals surface area (Å²) in [5, 5.41) is 4.65. The van der Waals surface area contributed by atoms with Crippen LogP contribution in [0.15, 0.2) is 168 Å². The third kappa shape index (κ3) is 4.87. The fourth-order valence-electron chi connectivity index (χ4n) is 6.88. The Labute approximate surface area is 292 Å². The molecule has 0 spiro atoms. The lowest BCUT2D eigenvalue weighted by atomic mass is 10.0. The van der Waals surface area contributed by atoms with Crippen molar-refractivity contribution in [2.45, 2.75) is 0 Å². The van der Waals surface area contributed by atoms with E-state index in [2.05, 4.69) is 115 Å². The Hall–Kier alpha value is -6.43. The number of rotatable bonds is 5. The lowest BCUT2D eigenvalue weighted by molar-refractivity contribution is 0.669. The molecule has 0 amide bonds. The molecule has 0 saturated heterocycles. The van der Waals surface area contributed by atoms with Gasteiger partial charge in [0.05, 0.1) is 0 Å². The summed E-state index contributed by atoms with van der Waals surface area (Å²) in [6.07, 6.45) is 0. The average molecular weight is 658 g/mol. The highest BCUT2D eigenvalue weighted by Gasteiger charge is 2.17. The maximum atomic E-state index is 6.34. The molecule has 0 unspecified atom stereocenters. The Bertz CT molecular complexity index is 2870. The molecule has 0 aliphatic heterocycles. The topological polar surface area (TPSA) is 51.8 Å². The number of hydrogen-bond acceptors (Lipinski definition) is 5. The van der Waals surface area contributed by atoms with E-state index in [-0.39, 0.29) is 0 Å². The van der Waals surface area contributed by atoms with Crippen LogP contribution in [0.5, 0.6) is 0 Å². The second-order valence-electron chi connectivity index (χ2n) is 12.4. The molecule has 0 saturated carbocycles. The molecule has 234 valence electrons. The van der Waals surface area contributed by atoms with E-state index in [9.17, 15) is 0 Å². The van der Waals surface area contributed by atoms with Gasteiger partial charge in [-0.3, -0.25) is 0 Å². The smallest absolute Gasteiger partial charge is 0.164 e. The fourth-order valence-corrected chi connectivity index (χ4v) is 8.12. The quantitative estimate of drug-likeness (QED) is 0.185. The first-order valence-corrected chi connectivity index (χ1v) is 17.4. The normalized spacial score (nSPS) is 11.6. The molecule has 10 rings (SSSR count). The predicted octanol–water partition coefficient (Wildman–Crippen LogP) is 12.5. The van der Waals surface area contributed by atoms with Crippen molar-refractivity contribution in [1.29, 1.82) is 0 Å². The Morgan fingerprint density at radius 3 is 1.80 bits per heavy atom. The monoisotopic (exact) mass is 657 g/mol. The lowest BCUT2D eigenvalue weighted by Gasteiger charge is -2.10. The van der Waals surface area contributed by atoms with Gasteiger partial charge in [0.15, 0.2) is 17.5 Å². The van der Waals surface area contributed by atoms with Gasteiger partial charge in [-0.2, -0.15) is 0 Å². The predicted molar refractivity (Wildman–Crippen MR) is 207 cm³/mol. The number of nitrogens with zero attached hydrogens (tertiary/aromatic N) is 3. The zero-order chi connectivity index (χ0) is 33.0. The van der Waals surface area contributed by atoms with Crippen molar-refractivity contribution in [3.63, 3.8) is 0 Å². The fraction of sp³-hybridized carbons (Fsp3) is 0. The van der Waals surface area contributed by atoms with Crippen molar-refractivity contribution in [2.24, 2.45) is 0 Å².